The summed E-state index contributed by atoms with van der Waals surface area (Å²) in [6, 6.07) is 5.74. The third kappa shape index (κ3) is 3.95. The van der Waals surface area contributed by atoms with E-state index in [0.717, 1.165) is 24.5 Å². The molecule has 0 saturated carbocycles. The van der Waals surface area contributed by atoms with Crippen molar-refractivity contribution < 1.29 is 4.79 Å². The van der Waals surface area contributed by atoms with Gasteiger partial charge in [0.1, 0.15) is 0 Å². The van der Waals surface area contributed by atoms with Gasteiger partial charge in [-0.1, -0.05) is 6.07 Å². The van der Waals surface area contributed by atoms with Crippen molar-refractivity contribution in [3.05, 3.63) is 35.3 Å². The van der Waals surface area contributed by atoms with Crippen LogP contribution in [0.2, 0.25) is 0 Å². The molecule has 112 valence electrons. The van der Waals surface area contributed by atoms with Crippen LogP contribution < -0.4 is 15.5 Å². The Hall–Kier alpha value is -2.08. The molecule has 0 aliphatic rings. The standard InChI is InChI=1S/C15H20N4OS/c1-4-19(5-2)13-10-11(3)6-7-12(13)17-14(20)18-15-16-8-9-21-15/h6-10H,4-5H2,1-3H3,(H2,16,17,18,20). The van der Waals surface area contributed by atoms with Gasteiger partial charge in [-0.05, 0) is 38.5 Å². The van der Waals surface area contributed by atoms with Crippen molar-refractivity contribution in [1.82, 2.24) is 4.98 Å². The van der Waals surface area contributed by atoms with Gasteiger partial charge in [-0.3, -0.25) is 5.32 Å². The smallest absolute Gasteiger partial charge is 0.325 e. The summed E-state index contributed by atoms with van der Waals surface area (Å²) in [5.41, 5.74) is 3.01. The Balaban J connectivity index is 2.17. The maximum atomic E-state index is 12.0. The van der Waals surface area contributed by atoms with Gasteiger partial charge in [-0.25, -0.2) is 9.78 Å². The Labute approximate surface area is 129 Å². The molecule has 0 aliphatic carbocycles. The predicted octanol–water partition coefficient (Wildman–Crippen LogP) is 3.94. The molecule has 0 saturated heterocycles. The minimum atomic E-state index is -0.276. The summed E-state index contributed by atoms with van der Waals surface area (Å²) in [6.45, 7) is 8.04. The highest BCUT2D eigenvalue weighted by Crippen LogP contribution is 2.27. The lowest BCUT2D eigenvalue weighted by molar-refractivity contribution is 0.262. The molecule has 2 N–H and O–H groups in total. The first-order valence-corrected chi connectivity index (χ1v) is 7.85. The number of nitrogens with one attached hydrogen (secondary N) is 2. The zero-order valence-corrected chi connectivity index (χ0v) is 13.3. The highest BCUT2D eigenvalue weighted by molar-refractivity contribution is 7.13. The lowest BCUT2D eigenvalue weighted by Crippen LogP contribution is -2.25. The van der Waals surface area contributed by atoms with Crippen molar-refractivity contribution >= 4 is 33.9 Å². The van der Waals surface area contributed by atoms with Crippen molar-refractivity contribution in [3.8, 4) is 0 Å². The van der Waals surface area contributed by atoms with Crippen LogP contribution in [0.25, 0.3) is 0 Å². The number of benzene rings is 1. The first-order chi connectivity index (χ1) is 10.1. The zero-order chi connectivity index (χ0) is 15.2. The van der Waals surface area contributed by atoms with E-state index in [4.69, 9.17) is 0 Å². The SMILES string of the molecule is CCN(CC)c1cc(C)ccc1NC(=O)Nc1nccs1. The van der Waals surface area contributed by atoms with Crippen LogP contribution >= 0.6 is 11.3 Å². The summed E-state index contributed by atoms with van der Waals surface area (Å²) in [5.74, 6) is 0. The molecule has 21 heavy (non-hydrogen) atoms. The van der Waals surface area contributed by atoms with Crippen molar-refractivity contribution in [2.45, 2.75) is 20.8 Å². The molecule has 1 aromatic carbocycles. The molecule has 2 rings (SSSR count). The Kier molecular flexibility index (Phi) is 5.16. The van der Waals surface area contributed by atoms with Crippen LogP contribution in [0.5, 0.6) is 0 Å². The lowest BCUT2D eigenvalue weighted by atomic mass is 10.1. The fraction of sp³-hybridized carbons (Fsp3) is 0.333. The Morgan fingerprint density at radius 1 is 1.29 bits per heavy atom. The molecule has 0 bridgehead atoms. The van der Waals surface area contributed by atoms with Crippen LogP contribution in [0.4, 0.5) is 21.3 Å². The molecule has 0 unspecified atom stereocenters. The summed E-state index contributed by atoms with van der Waals surface area (Å²) < 4.78 is 0. The van der Waals surface area contributed by atoms with Gasteiger partial charge in [-0.2, -0.15) is 0 Å². The molecule has 0 atom stereocenters. The summed E-state index contributed by atoms with van der Waals surface area (Å²) in [4.78, 5) is 18.3. The maximum Gasteiger partial charge on any atom is 0.325 e. The number of hydrogen-bond donors (Lipinski definition) is 2. The van der Waals surface area contributed by atoms with Crippen LogP contribution in [0.15, 0.2) is 29.8 Å². The largest absolute Gasteiger partial charge is 0.370 e. The monoisotopic (exact) mass is 304 g/mol. The summed E-state index contributed by atoms with van der Waals surface area (Å²) in [7, 11) is 0. The third-order valence-corrected chi connectivity index (χ3v) is 3.85. The normalized spacial score (nSPS) is 10.2. The fourth-order valence-electron chi connectivity index (χ4n) is 2.11. The van der Waals surface area contributed by atoms with E-state index in [1.165, 1.54) is 16.9 Å². The number of urea groups is 1. The molecule has 5 nitrogen and oxygen atoms in total. The molecule has 0 radical (unpaired) electrons. The van der Waals surface area contributed by atoms with Crippen molar-refractivity contribution in [3.63, 3.8) is 0 Å². The van der Waals surface area contributed by atoms with E-state index in [1.54, 1.807) is 6.20 Å². The van der Waals surface area contributed by atoms with Gasteiger partial charge < -0.3 is 10.2 Å². The number of hydrogen-bond acceptors (Lipinski definition) is 4. The quantitative estimate of drug-likeness (QED) is 0.879. The Morgan fingerprint density at radius 3 is 2.67 bits per heavy atom. The number of thiazole rings is 1. The van der Waals surface area contributed by atoms with Crippen LogP contribution in [0, 0.1) is 6.92 Å². The summed E-state index contributed by atoms with van der Waals surface area (Å²) in [5, 5.41) is 8.04. The zero-order valence-electron chi connectivity index (χ0n) is 12.5. The number of carbonyl (C=O) groups excluding carboxylic acids is 1. The summed E-state index contributed by atoms with van der Waals surface area (Å²) >= 11 is 1.39. The van der Waals surface area contributed by atoms with E-state index < -0.39 is 0 Å². The van der Waals surface area contributed by atoms with E-state index in [2.05, 4.69) is 40.4 Å². The minimum Gasteiger partial charge on any atom is -0.370 e. The highest BCUT2D eigenvalue weighted by Gasteiger charge is 2.12. The van der Waals surface area contributed by atoms with Gasteiger partial charge >= 0.3 is 6.03 Å². The number of nitrogens with zero attached hydrogens (tertiary/aromatic N) is 2. The van der Waals surface area contributed by atoms with Crippen molar-refractivity contribution in [2.24, 2.45) is 0 Å². The molecule has 2 aromatic rings. The molecular weight excluding hydrogens is 284 g/mol. The average Bonchev–Trinajstić information content (AvgIpc) is 2.96. The van der Waals surface area contributed by atoms with Crippen molar-refractivity contribution in [1.29, 1.82) is 0 Å². The Bertz CT molecular complexity index is 594. The Morgan fingerprint density at radius 2 is 2.05 bits per heavy atom. The molecule has 6 heteroatoms. The number of aromatic nitrogens is 1. The van der Waals surface area contributed by atoms with E-state index in [-0.39, 0.29) is 6.03 Å². The molecule has 0 fully saturated rings. The molecule has 1 heterocycles. The second-order valence-corrected chi connectivity index (χ2v) is 5.50. The highest BCUT2D eigenvalue weighted by atomic mass is 32.1. The van der Waals surface area contributed by atoms with E-state index in [1.807, 2.05) is 24.4 Å². The molecule has 2 amide bonds. The molecule has 1 aromatic heterocycles. The van der Waals surface area contributed by atoms with Gasteiger partial charge in [-0.15, -0.1) is 11.3 Å². The lowest BCUT2D eigenvalue weighted by Gasteiger charge is -2.24. The third-order valence-electron chi connectivity index (χ3n) is 3.16. The first kappa shape index (κ1) is 15.3. The number of carbonyl (C=O) groups is 1. The van der Waals surface area contributed by atoms with Crippen molar-refractivity contribution in [2.75, 3.05) is 28.6 Å². The number of amides is 2. The van der Waals surface area contributed by atoms with Crippen LogP contribution in [0.1, 0.15) is 19.4 Å². The topological polar surface area (TPSA) is 57.3 Å². The van der Waals surface area contributed by atoms with Crippen LogP contribution in [0.3, 0.4) is 0 Å². The van der Waals surface area contributed by atoms with Gasteiger partial charge in [0, 0.05) is 24.7 Å². The number of anilines is 3. The second kappa shape index (κ2) is 7.08. The predicted molar refractivity (Wildman–Crippen MR) is 89.5 cm³/mol. The van der Waals surface area contributed by atoms with Gasteiger partial charge in [0.15, 0.2) is 5.13 Å². The van der Waals surface area contributed by atoms with E-state index in [9.17, 15) is 4.79 Å². The molecule has 0 spiro atoms. The van der Waals surface area contributed by atoms with E-state index in [0.29, 0.717) is 5.13 Å². The van der Waals surface area contributed by atoms with Gasteiger partial charge in [0.05, 0.1) is 11.4 Å². The second-order valence-electron chi connectivity index (χ2n) is 4.61. The van der Waals surface area contributed by atoms with Crippen LogP contribution in [-0.4, -0.2) is 24.1 Å². The summed E-state index contributed by atoms with van der Waals surface area (Å²) in [6.07, 6.45) is 1.66. The first-order valence-electron chi connectivity index (χ1n) is 6.97. The van der Waals surface area contributed by atoms with E-state index >= 15 is 0 Å². The molecular formula is C15H20N4OS. The minimum absolute atomic E-state index is 0.276. The fourth-order valence-corrected chi connectivity index (χ4v) is 2.63. The molecule has 0 aliphatic heterocycles. The van der Waals surface area contributed by atoms with Gasteiger partial charge in [0.25, 0.3) is 0 Å². The number of aryl methyl sites for hydroxylation is 1. The number of rotatable bonds is 5. The average molecular weight is 304 g/mol. The van der Waals surface area contributed by atoms with Crippen LogP contribution in [-0.2, 0) is 0 Å². The maximum absolute atomic E-state index is 12.0. The van der Waals surface area contributed by atoms with Gasteiger partial charge in [0.2, 0.25) is 0 Å².